The van der Waals surface area contributed by atoms with Crippen LogP contribution in [0.15, 0.2) is 30.3 Å². The molecule has 0 radical (unpaired) electrons. The maximum Gasteiger partial charge on any atom is 0.0446 e. The Labute approximate surface area is 147 Å². The molecule has 0 spiro atoms. The number of hydrogen-bond acceptors (Lipinski definition) is 3. The second-order valence-corrected chi connectivity index (χ2v) is 7.70. The molecule has 0 unspecified atom stereocenters. The number of aliphatic hydroxyl groups is 1. The molecule has 24 heavy (non-hydrogen) atoms. The highest BCUT2D eigenvalue weighted by Gasteiger charge is 2.28. The maximum atomic E-state index is 9.48. The SMILES string of the molecule is OCC[C@H]1CN(CC2CCCCC2)CCN1CCc1ccccc1. The summed E-state index contributed by atoms with van der Waals surface area (Å²) < 4.78 is 0. The van der Waals surface area contributed by atoms with Crippen LogP contribution >= 0.6 is 0 Å². The van der Waals surface area contributed by atoms with Gasteiger partial charge in [-0.3, -0.25) is 4.90 Å². The van der Waals surface area contributed by atoms with Gasteiger partial charge in [0.05, 0.1) is 0 Å². The first-order chi connectivity index (χ1) is 11.8. The molecule has 1 atom stereocenters. The van der Waals surface area contributed by atoms with E-state index in [1.165, 1.54) is 50.8 Å². The summed E-state index contributed by atoms with van der Waals surface area (Å²) in [6.45, 7) is 6.22. The quantitative estimate of drug-likeness (QED) is 0.832. The molecule has 1 saturated heterocycles. The highest BCUT2D eigenvalue weighted by Crippen LogP contribution is 2.25. The highest BCUT2D eigenvalue weighted by molar-refractivity contribution is 5.15. The predicted molar refractivity (Wildman–Crippen MR) is 100 cm³/mol. The summed E-state index contributed by atoms with van der Waals surface area (Å²) in [6, 6.07) is 11.3. The summed E-state index contributed by atoms with van der Waals surface area (Å²) in [5.74, 6) is 0.921. The smallest absolute Gasteiger partial charge is 0.0446 e. The van der Waals surface area contributed by atoms with Crippen molar-refractivity contribution in [2.24, 2.45) is 5.92 Å². The average molecular weight is 331 g/mol. The van der Waals surface area contributed by atoms with Gasteiger partial charge < -0.3 is 10.0 Å². The minimum absolute atomic E-state index is 0.309. The lowest BCUT2D eigenvalue weighted by atomic mass is 9.88. The van der Waals surface area contributed by atoms with Gasteiger partial charge in [0.1, 0.15) is 0 Å². The summed E-state index contributed by atoms with van der Waals surface area (Å²) in [4.78, 5) is 5.29. The van der Waals surface area contributed by atoms with Gasteiger partial charge in [0.25, 0.3) is 0 Å². The maximum absolute atomic E-state index is 9.48. The second-order valence-electron chi connectivity index (χ2n) is 7.70. The molecule has 1 saturated carbocycles. The van der Waals surface area contributed by atoms with E-state index in [0.717, 1.165) is 38.4 Å². The van der Waals surface area contributed by atoms with Crippen molar-refractivity contribution in [2.75, 3.05) is 39.3 Å². The minimum atomic E-state index is 0.309. The van der Waals surface area contributed by atoms with Crippen LogP contribution in [-0.4, -0.2) is 60.3 Å². The Kier molecular flexibility index (Phi) is 7.13. The first kappa shape index (κ1) is 17.9. The first-order valence-corrected chi connectivity index (χ1v) is 9.96. The summed E-state index contributed by atoms with van der Waals surface area (Å²) in [5, 5.41) is 9.48. The third-order valence-corrected chi connectivity index (χ3v) is 5.92. The monoisotopic (exact) mass is 330 g/mol. The van der Waals surface area contributed by atoms with E-state index >= 15 is 0 Å². The standard InChI is InChI=1S/C21H34N2O/c24-16-12-21-18-22(17-20-9-5-2-6-10-20)14-15-23(21)13-11-19-7-3-1-4-8-19/h1,3-4,7-8,20-21,24H,2,5-6,9-18H2/t21-/m0/s1. The average Bonchev–Trinajstić information content (AvgIpc) is 2.63. The normalized spacial score (nSPS) is 24.3. The van der Waals surface area contributed by atoms with E-state index in [0.29, 0.717) is 12.6 Å². The van der Waals surface area contributed by atoms with Crippen LogP contribution < -0.4 is 0 Å². The molecule has 2 fully saturated rings. The first-order valence-electron chi connectivity index (χ1n) is 9.96. The van der Waals surface area contributed by atoms with Gasteiger partial charge in [0, 0.05) is 45.4 Å². The number of piperazine rings is 1. The minimum Gasteiger partial charge on any atom is -0.396 e. The fraction of sp³-hybridized carbons (Fsp3) is 0.714. The van der Waals surface area contributed by atoms with E-state index in [2.05, 4.69) is 40.1 Å². The van der Waals surface area contributed by atoms with Crippen LogP contribution in [0.2, 0.25) is 0 Å². The summed E-state index contributed by atoms with van der Waals surface area (Å²) in [6.07, 6.45) is 9.19. The second kappa shape index (κ2) is 9.55. The van der Waals surface area contributed by atoms with Gasteiger partial charge in [0.15, 0.2) is 0 Å². The molecule has 2 aliphatic rings. The van der Waals surface area contributed by atoms with Crippen molar-refractivity contribution in [3.05, 3.63) is 35.9 Å². The van der Waals surface area contributed by atoms with E-state index in [1.54, 1.807) is 0 Å². The van der Waals surface area contributed by atoms with E-state index in [1.807, 2.05) is 0 Å². The topological polar surface area (TPSA) is 26.7 Å². The molecular formula is C21H34N2O. The molecule has 1 aromatic rings. The molecule has 1 heterocycles. The van der Waals surface area contributed by atoms with Crippen molar-refractivity contribution in [1.82, 2.24) is 9.80 Å². The number of rotatable bonds is 7. The Morgan fingerprint density at radius 1 is 1.00 bits per heavy atom. The highest BCUT2D eigenvalue weighted by atomic mass is 16.3. The fourth-order valence-electron chi connectivity index (χ4n) is 4.49. The van der Waals surface area contributed by atoms with Crippen LogP contribution in [0.25, 0.3) is 0 Å². The third kappa shape index (κ3) is 5.30. The molecule has 134 valence electrons. The van der Waals surface area contributed by atoms with Crippen LogP contribution in [-0.2, 0) is 6.42 Å². The van der Waals surface area contributed by atoms with Crippen molar-refractivity contribution in [3.63, 3.8) is 0 Å². The van der Waals surface area contributed by atoms with Gasteiger partial charge >= 0.3 is 0 Å². The van der Waals surface area contributed by atoms with Gasteiger partial charge in [0.2, 0.25) is 0 Å². The molecule has 1 N–H and O–H groups in total. The van der Waals surface area contributed by atoms with Crippen molar-refractivity contribution < 1.29 is 5.11 Å². The van der Waals surface area contributed by atoms with Gasteiger partial charge in [-0.15, -0.1) is 0 Å². The molecule has 1 aromatic carbocycles. The van der Waals surface area contributed by atoms with E-state index in [4.69, 9.17) is 0 Å². The van der Waals surface area contributed by atoms with E-state index in [9.17, 15) is 5.11 Å². The summed E-state index contributed by atoms with van der Waals surface area (Å²) in [7, 11) is 0. The zero-order valence-corrected chi connectivity index (χ0v) is 15.1. The number of aliphatic hydroxyl groups excluding tert-OH is 1. The number of nitrogens with zero attached hydrogens (tertiary/aromatic N) is 2. The van der Waals surface area contributed by atoms with Crippen LogP contribution in [0.5, 0.6) is 0 Å². The molecule has 3 heteroatoms. The molecule has 0 bridgehead atoms. The van der Waals surface area contributed by atoms with Crippen LogP contribution in [0, 0.1) is 5.92 Å². The molecule has 1 aliphatic heterocycles. The lowest BCUT2D eigenvalue weighted by molar-refractivity contribution is 0.0483. The Hall–Kier alpha value is -0.900. The van der Waals surface area contributed by atoms with Crippen LogP contribution in [0.3, 0.4) is 0 Å². The van der Waals surface area contributed by atoms with Gasteiger partial charge in [-0.25, -0.2) is 0 Å². The van der Waals surface area contributed by atoms with E-state index in [-0.39, 0.29) is 0 Å². The zero-order chi connectivity index (χ0) is 16.6. The Morgan fingerprint density at radius 3 is 2.54 bits per heavy atom. The Balaban J connectivity index is 1.49. The van der Waals surface area contributed by atoms with Crippen molar-refractivity contribution >= 4 is 0 Å². The molecule has 0 aromatic heterocycles. The van der Waals surface area contributed by atoms with Gasteiger partial charge in [-0.1, -0.05) is 49.6 Å². The van der Waals surface area contributed by atoms with E-state index < -0.39 is 0 Å². The molecular weight excluding hydrogens is 296 g/mol. The van der Waals surface area contributed by atoms with Crippen molar-refractivity contribution in [1.29, 1.82) is 0 Å². The van der Waals surface area contributed by atoms with Gasteiger partial charge in [-0.05, 0) is 37.2 Å². The number of benzene rings is 1. The third-order valence-electron chi connectivity index (χ3n) is 5.92. The lowest BCUT2D eigenvalue weighted by Crippen LogP contribution is -2.54. The summed E-state index contributed by atoms with van der Waals surface area (Å²) >= 11 is 0. The predicted octanol–water partition coefficient (Wildman–Crippen LogP) is 3.18. The van der Waals surface area contributed by atoms with Crippen molar-refractivity contribution in [2.45, 2.75) is 51.0 Å². The lowest BCUT2D eigenvalue weighted by Gasteiger charge is -2.43. The molecule has 3 rings (SSSR count). The number of hydrogen-bond donors (Lipinski definition) is 1. The Morgan fingerprint density at radius 2 is 1.79 bits per heavy atom. The molecule has 0 amide bonds. The van der Waals surface area contributed by atoms with Crippen LogP contribution in [0.4, 0.5) is 0 Å². The summed E-state index contributed by atoms with van der Waals surface area (Å²) in [5.41, 5.74) is 1.42. The van der Waals surface area contributed by atoms with Crippen LogP contribution in [0.1, 0.15) is 44.1 Å². The van der Waals surface area contributed by atoms with Gasteiger partial charge in [-0.2, -0.15) is 0 Å². The Bertz CT molecular complexity index is 458. The molecule has 3 nitrogen and oxygen atoms in total. The fourth-order valence-corrected chi connectivity index (χ4v) is 4.49. The zero-order valence-electron chi connectivity index (χ0n) is 15.1. The van der Waals surface area contributed by atoms with Crippen molar-refractivity contribution in [3.8, 4) is 0 Å². The molecule has 1 aliphatic carbocycles. The largest absolute Gasteiger partial charge is 0.396 e.